The summed E-state index contributed by atoms with van der Waals surface area (Å²) < 4.78 is 44.9. The number of alkyl halides is 3. The maximum Gasteiger partial charge on any atom is 0.416 e. The van der Waals surface area contributed by atoms with E-state index in [9.17, 15) is 22.8 Å². The lowest BCUT2D eigenvalue weighted by Crippen LogP contribution is -2.47. The van der Waals surface area contributed by atoms with Crippen LogP contribution >= 0.6 is 0 Å². The Hall–Kier alpha value is -4.80. The number of nitrogens with one attached hydrogen (secondary N) is 2. The van der Waals surface area contributed by atoms with Gasteiger partial charge in [0.05, 0.1) is 16.9 Å². The van der Waals surface area contributed by atoms with Crippen molar-refractivity contribution >= 4 is 28.9 Å². The summed E-state index contributed by atoms with van der Waals surface area (Å²) in [6, 6.07) is 18.1. The number of oxazole rings is 1. The zero-order chi connectivity index (χ0) is 30.8. The van der Waals surface area contributed by atoms with Crippen LogP contribution < -0.4 is 20.4 Å². The molecule has 1 aliphatic carbocycles. The van der Waals surface area contributed by atoms with E-state index < -0.39 is 23.6 Å². The van der Waals surface area contributed by atoms with Crippen LogP contribution in [0.25, 0.3) is 0 Å². The van der Waals surface area contributed by atoms with Gasteiger partial charge in [0.25, 0.3) is 11.8 Å². The maximum atomic E-state index is 13.2. The molecular formula is C33H32F3N5O3. The smallest absolute Gasteiger partial charge is 0.416 e. The van der Waals surface area contributed by atoms with E-state index in [-0.39, 0.29) is 23.7 Å². The lowest BCUT2D eigenvalue weighted by Gasteiger charge is -2.38. The lowest BCUT2D eigenvalue weighted by molar-refractivity contribution is -0.137. The molecule has 1 saturated heterocycles. The van der Waals surface area contributed by atoms with Crippen molar-refractivity contribution in [1.82, 2.24) is 10.3 Å². The maximum absolute atomic E-state index is 13.2. The number of piperazine rings is 1. The molecule has 2 heterocycles. The van der Waals surface area contributed by atoms with Crippen LogP contribution in [0.15, 0.2) is 77.4 Å². The molecule has 228 valence electrons. The lowest BCUT2D eigenvalue weighted by atomic mass is 10.1. The molecule has 2 aliphatic rings. The molecule has 2 N–H and O–H groups in total. The molecule has 2 amide bonds. The average molecular weight is 604 g/mol. The number of hydrogen-bond acceptors (Lipinski definition) is 6. The zero-order valence-corrected chi connectivity index (χ0v) is 24.2. The van der Waals surface area contributed by atoms with Crippen molar-refractivity contribution in [1.29, 1.82) is 0 Å². The van der Waals surface area contributed by atoms with Gasteiger partial charge in [0.15, 0.2) is 11.6 Å². The molecule has 1 aromatic heterocycles. The third-order valence-corrected chi connectivity index (χ3v) is 7.97. The number of halogens is 3. The van der Waals surface area contributed by atoms with Crippen LogP contribution in [0, 0.1) is 6.92 Å². The molecule has 6 rings (SSSR count). The van der Waals surface area contributed by atoms with Crippen molar-refractivity contribution in [3.63, 3.8) is 0 Å². The minimum absolute atomic E-state index is 0.0874. The minimum atomic E-state index is -4.47. The number of rotatable bonds is 8. The Labute approximate surface area is 252 Å². The number of aromatic nitrogens is 1. The van der Waals surface area contributed by atoms with Crippen LogP contribution in [0.2, 0.25) is 0 Å². The number of para-hydroxylation sites is 1. The summed E-state index contributed by atoms with van der Waals surface area (Å²) in [5.74, 6) is -0.140. The highest BCUT2D eigenvalue weighted by Crippen LogP contribution is 2.39. The van der Waals surface area contributed by atoms with Crippen LogP contribution in [-0.4, -0.2) is 43.0 Å². The Morgan fingerprint density at radius 1 is 0.909 bits per heavy atom. The van der Waals surface area contributed by atoms with Gasteiger partial charge in [-0.15, -0.1) is 0 Å². The first kappa shape index (κ1) is 29.3. The molecule has 0 bridgehead atoms. The first-order valence-corrected chi connectivity index (χ1v) is 14.6. The molecule has 11 heteroatoms. The normalized spacial score (nSPS) is 15.3. The van der Waals surface area contributed by atoms with Gasteiger partial charge in [-0.25, -0.2) is 4.98 Å². The fourth-order valence-electron chi connectivity index (χ4n) is 5.40. The van der Waals surface area contributed by atoms with Gasteiger partial charge in [-0.3, -0.25) is 9.59 Å². The van der Waals surface area contributed by atoms with E-state index in [4.69, 9.17) is 4.42 Å². The van der Waals surface area contributed by atoms with Crippen molar-refractivity contribution in [3.05, 3.63) is 107 Å². The highest BCUT2D eigenvalue weighted by Gasteiger charge is 2.31. The fraction of sp³-hybridized carbons (Fsp3) is 0.303. The number of aryl methyl sites for hydroxylation is 1. The van der Waals surface area contributed by atoms with E-state index in [0.717, 1.165) is 43.8 Å². The third-order valence-electron chi connectivity index (χ3n) is 7.97. The number of benzene rings is 3. The van der Waals surface area contributed by atoms with E-state index in [2.05, 4.69) is 44.5 Å². The summed E-state index contributed by atoms with van der Waals surface area (Å²) in [6.45, 7) is 4.92. The Bertz CT molecular complexity index is 1670. The van der Waals surface area contributed by atoms with Crippen LogP contribution in [0.5, 0.6) is 0 Å². The number of carbonyl (C=O) groups excluding carboxylic acids is 2. The van der Waals surface area contributed by atoms with Crippen molar-refractivity contribution in [2.24, 2.45) is 0 Å². The average Bonchev–Trinajstić information content (AvgIpc) is 3.75. The number of carbonyl (C=O) groups is 2. The predicted molar refractivity (Wildman–Crippen MR) is 161 cm³/mol. The molecule has 0 spiro atoms. The van der Waals surface area contributed by atoms with E-state index in [1.807, 2.05) is 12.1 Å². The van der Waals surface area contributed by atoms with E-state index >= 15 is 0 Å². The SMILES string of the molecule is Cc1ccccc1N1CCN(c2ccc(C(=O)NCc3cccc(C(F)(F)F)c3)cc2NC(=O)c2coc(C3CC3)n2)CC1. The van der Waals surface area contributed by atoms with Gasteiger partial charge >= 0.3 is 6.18 Å². The minimum Gasteiger partial charge on any atom is -0.448 e. The number of amides is 2. The van der Waals surface area contributed by atoms with E-state index in [0.29, 0.717) is 30.2 Å². The molecule has 1 saturated carbocycles. The number of hydrogen-bond donors (Lipinski definition) is 2. The van der Waals surface area contributed by atoms with Crippen LogP contribution in [0.1, 0.15) is 62.2 Å². The Morgan fingerprint density at radius 3 is 2.34 bits per heavy atom. The van der Waals surface area contributed by atoms with Gasteiger partial charge in [-0.05, 0) is 67.3 Å². The van der Waals surface area contributed by atoms with Gasteiger partial charge in [0, 0.05) is 49.9 Å². The van der Waals surface area contributed by atoms with Crippen molar-refractivity contribution < 1.29 is 27.2 Å². The van der Waals surface area contributed by atoms with Gasteiger partial charge in [0.1, 0.15) is 6.26 Å². The van der Waals surface area contributed by atoms with Crippen LogP contribution in [0.4, 0.5) is 30.2 Å². The van der Waals surface area contributed by atoms with Crippen LogP contribution in [-0.2, 0) is 12.7 Å². The molecule has 8 nitrogen and oxygen atoms in total. The van der Waals surface area contributed by atoms with E-state index in [1.165, 1.54) is 29.6 Å². The predicted octanol–water partition coefficient (Wildman–Crippen LogP) is 6.39. The molecule has 3 aromatic carbocycles. The second-order valence-corrected chi connectivity index (χ2v) is 11.2. The number of anilines is 3. The summed E-state index contributed by atoms with van der Waals surface area (Å²) in [5, 5.41) is 5.61. The fourth-order valence-corrected chi connectivity index (χ4v) is 5.40. The Balaban J connectivity index is 1.21. The van der Waals surface area contributed by atoms with Crippen molar-refractivity contribution in [2.75, 3.05) is 41.3 Å². The second-order valence-electron chi connectivity index (χ2n) is 11.2. The zero-order valence-electron chi connectivity index (χ0n) is 24.2. The summed E-state index contributed by atoms with van der Waals surface area (Å²) in [6.07, 6.45) is -1.16. The summed E-state index contributed by atoms with van der Waals surface area (Å²) >= 11 is 0. The molecule has 4 aromatic rings. The largest absolute Gasteiger partial charge is 0.448 e. The molecule has 0 radical (unpaired) electrons. The second kappa shape index (κ2) is 12.1. The standard InChI is InChI=1S/C33H32F3N5O3/c1-21-5-2-3-8-28(21)40-13-15-41(16-14-40)29-12-11-24(30(42)37-19-22-6-4-7-25(17-22)33(34,35)36)18-26(29)38-31(43)27-20-44-32(39-27)23-9-10-23/h2-8,11-12,17-18,20,23H,9-10,13-16,19H2,1H3,(H,37,42)(H,38,43). The molecule has 1 aliphatic heterocycles. The Kier molecular flexibility index (Phi) is 8.03. The van der Waals surface area contributed by atoms with Gasteiger partial charge in [0.2, 0.25) is 0 Å². The molecular weight excluding hydrogens is 571 g/mol. The summed E-state index contributed by atoms with van der Waals surface area (Å²) in [4.78, 5) is 35.2. The van der Waals surface area contributed by atoms with Crippen LogP contribution in [0.3, 0.4) is 0 Å². The van der Waals surface area contributed by atoms with Gasteiger partial charge < -0.3 is 24.9 Å². The topological polar surface area (TPSA) is 90.7 Å². The van der Waals surface area contributed by atoms with Crippen molar-refractivity contribution in [3.8, 4) is 0 Å². The first-order chi connectivity index (χ1) is 21.2. The molecule has 0 unspecified atom stereocenters. The van der Waals surface area contributed by atoms with Gasteiger partial charge in [-0.2, -0.15) is 13.2 Å². The first-order valence-electron chi connectivity index (χ1n) is 14.6. The van der Waals surface area contributed by atoms with Gasteiger partial charge in [-0.1, -0.05) is 30.3 Å². The quantitative estimate of drug-likeness (QED) is 0.243. The number of nitrogens with zero attached hydrogens (tertiary/aromatic N) is 3. The molecule has 44 heavy (non-hydrogen) atoms. The van der Waals surface area contributed by atoms with Crippen molar-refractivity contribution in [2.45, 2.75) is 38.4 Å². The van der Waals surface area contributed by atoms with E-state index in [1.54, 1.807) is 18.2 Å². The summed E-state index contributed by atoms with van der Waals surface area (Å²) in [5.41, 5.74) is 3.53. The summed E-state index contributed by atoms with van der Waals surface area (Å²) in [7, 11) is 0. The Morgan fingerprint density at radius 2 is 1.64 bits per heavy atom. The highest BCUT2D eigenvalue weighted by molar-refractivity contribution is 6.06. The third kappa shape index (κ3) is 6.56. The highest BCUT2D eigenvalue weighted by atomic mass is 19.4. The monoisotopic (exact) mass is 603 g/mol. The molecule has 2 fully saturated rings. The molecule has 0 atom stereocenters.